The van der Waals surface area contributed by atoms with Gasteiger partial charge in [0.2, 0.25) is 12.5 Å². The first-order valence-electron chi connectivity index (χ1n) is 16.2. The maximum atomic E-state index is 12.6. The summed E-state index contributed by atoms with van der Waals surface area (Å²) in [4.78, 5) is 39.6. The lowest BCUT2D eigenvalue weighted by Crippen LogP contribution is -2.56. The fraction of sp³-hybridized carbons (Fsp3) is 0.514. The van der Waals surface area contributed by atoms with Crippen LogP contribution >= 0.6 is 0 Å². The van der Waals surface area contributed by atoms with E-state index in [0.717, 1.165) is 60.1 Å². The second-order valence-corrected chi connectivity index (χ2v) is 12.9. The van der Waals surface area contributed by atoms with Gasteiger partial charge in [-0.3, -0.25) is 9.78 Å². The number of carbonyl (C=O) groups excluding carboxylic acids is 1. The van der Waals surface area contributed by atoms with Gasteiger partial charge in [0.15, 0.2) is 0 Å². The highest BCUT2D eigenvalue weighted by atomic mass is 16.5. The van der Waals surface area contributed by atoms with Gasteiger partial charge >= 0.3 is 6.01 Å². The fourth-order valence-corrected chi connectivity index (χ4v) is 7.11. The molecule has 2 atom stereocenters. The van der Waals surface area contributed by atoms with Crippen molar-refractivity contribution < 1.29 is 9.53 Å². The summed E-state index contributed by atoms with van der Waals surface area (Å²) >= 11 is 0. The molecule has 236 valence electrons. The molecule has 4 heterocycles. The highest BCUT2D eigenvalue weighted by molar-refractivity contribution is 5.96. The summed E-state index contributed by atoms with van der Waals surface area (Å²) in [5.41, 5.74) is 4.40. The van der Waals surface area contributed by atoms with Crippen LogP contribution in [0.2, 0.25) is 0 Å². The number of hydrogen-bond donors (Lipinski definition) is 0. The van der Waals surface area contributed by atoms with Crippen molar-refractivity contribution in [3.8, 4) is 6.01 Å². The number of ether oxygens (including phenoxy) is 1. The summed E-state index contributed by atoms with van der Waals surface area (Å²) in [6.07, 6.45) is 9.90. The molecule has 2 aromatic heterocycles. The van der Waals surface area contributed by atoms with Crippen LogP contribution in [0.4, 0.5) is 11.5 Å². The standard InChI is InChI=1S/C35H44N8O2/c1-6-32(44)43-16-15-42(22-28(43)18-36-4)34-29-13-14-41(31-19-37-17-27-12-7-9-24(2)33(27)31)23-30(29)38-35(39-34)45-25(3)20-40(5)21-26-10-8-11-26/h6-7,9,12,17,19,25-26,28H,1,8,10-11,13-16,18,20-23H2,2-3,5H3/t25-,28+/m1/s1. The Morgan fingerprint density at radius 1 is 1.22 bits per heavy atom. The van der Waals surface area contributed by atoms with Gasteiger partial charge in [0, 0.05) is 61.8 Å². The minimum Gasteiger partial charge on any atom is -0.459 e. The fourth-order valence-electron chi connectivity index (χ4n) is 7.11. The third-order valence-electron chi connectivity index (χ3n) is 9.55. The third-order valence-corrected chi connectivity index (χ3v) is 9.55. The molecule has 0 bridgehead atoms. The van der Waals surface area contributed by atoms with Crippen LogP contribution in [0.1, 0.15) is 43.0 Å². The number of carbonyl (C=O) groups is 1. The summed E-state index contributed by atoms with van der Waals surface area (Å²) in [7, 11) is 2.16. The van der Waals surface area contributed by atoms with Crippen LogP contribution < -0.4 is 14.5 Å². The van der Waals surface area contributed by atoms with Crippen molar-refractivity contribution in [2.75, 3.05) is 62.7 Å². The van der Waals surface area contributed by atoms with E-state index in [1.54, 1.807) is 4.90 Å². The van der Waals surface area contributed by atoms with Crippen molar-refractivity contribution in [1.29, 1.82) is 0 Å². The van der Waals surface area contributed by atoms with Crippen LogP contribution in [0.25, 0.3) is 15.6 Å². The number of piperazine rings is 1. The summed E-state index contributed by atoms with van der Waals surface area (Å²) in [5, 5.41) is 2.35. The summed E-state index contributed by atoms with van der Waals surface area (Å²) < 4.78 is 6.45. The number of pyridine rings is 1. The SMILES string of the molecule is [C-]#[N+]C[C@H]1CN(c2nc(O[C@H](C)CN(C)CC3CCC3)nc3c2CCN(c2cncc4cccc(C)c24)C3)CCN1C(=O)C=C. The van der Waals surface area contributed by atoms with Crippen molar-refractivity contribution in [2.45, 2.75) is 58.2 Å². The molecule has 1 aliphatic carbocycles. The molecule has 2 fully saturated rings. The van der Waals surface area contributed by atoms with E-state index in [1.165, 1.54) is 36.3 Å². The second kappa shape index (κ2) is 13.4. The highest BCUT2D eigenvalue weighted by Gasteiger charge is 2.35. The normalized spacial score (nSPS) is 19.2. The molecular formula is C35H44N8O2. The molecule has 0 N–H and O–H groups in total. The van der Waals surface area contributed by atoms with Gasteiger partial charge in [0.1, 0.15) is 18.0 Å². The summed E-state index contributed by atoms with van der Waals surface area (Å²) in [6.45, 7) is 20.6. The van der Waals surface area contributed by atoms with Gasteiger partial charge in [-0.05, 0) is 57.7 Å². The first kappa shape index (κ1) is 30.8. The molecule has 1 saturated heterocycles. The molecule has 1 aromatic carbocycles. The first-order valence-corrected chi connectivity index (χ1v) is 16.2. The molecular weight excluding hydrogens is 564 g/mol. The lowest BCUT2D eigenvalue weighted by atomic mass is 9.85. The monoisotopic (exact) mass is 608 g/mol. The van der Waals surface area contributed by atoms with E-state index >= 15 is 0 Å². The predicted octanol–water partition coefficient (Wildman–Crippen LogP) is 4.52. The third kappa shape index (κ3) is 6.59. The van der Waals surface area contributed by atoms with Gasteiger partial charge in [-0.1, -0.05) is 31.2 Å². The number of amides is 1. The van der Waals surface area contributed by atoms with Crippen LogP contribution in [-0.2, 0) is 17.8 Å². The Balaban J connectivity index is 1.31. The smallest absolute Gasteiger partial charge is 0.318 e. The zero-order valence-electron chi connectivity index (χ0n) is 26.8. The van der Waals surface area contributed by atoms with Crippen LogP contribution in [0.3, 0.4) is 0 Å². The molecule has 3 aliphatic rings. The average molecular weight is 609 g/mol. The van der Waals surface area contributed by atoms with E-state index in [2.05, 4.69) is 70.2 Å². The molecule has 1 saturated carbocycles. The average Bonchev–Trinajstić information content (AvgIpc) is 3.01. The van der Waals surface area contributed by atoms with E-state index in [1.807, 2.05) is 12.4 Å². The second-order valence-electron chi connectivity index (χ2n) is 12.9. The van der Waals surface area contributed by atoms with Crippen molar-refractivity contribution in [2.24, 2.45) is 5.92 Å². The summed E-state index contributed by atoms with van der Waals surface area (Å²) in [5.74, 6) is 1.52. The lowest BCUT2D eigenvalue weighted by Gasteiger charge is -2.41. The Hall–Kier alpha value is -4.23. The molecule has 6 rings (SSSR count). The number of benzene rings is 1. The van der Waals surface area contributed by atoms with Gasteiger partial charge in [-0.15, -0.1) is 0 Å². The Labute approximate surface area is 266 Å². The van der Waals surface area contributed by atoms with Gasteiger partial charge < -0.3 is 29.2 Å². The molecule has 2 aliphatic heterocycles. The van der Waals surface area contributed by atoms with Crippen LogP contribution in [0.5, 0.6) is 6.01 Å². The molecule has 0 radical (unpaired) electrons. The highest BCUT2D eigenvalue weighted by Crippen LogP contribution is 2.35. The zero-order chi connectivity index (χ0) is 31.5. The van der Waals surface area contributed by atoms with Gasteiger partial charge in [-0.25, -0.2) is 6.57 Å². The number of rotatable bonds is 10. The minimum absolute atomic E-state index is 0.0810. The molecule has 10 nitrogen and oxygen atoms in total. The van der Waals surface area contributed by atoms with E-state index in [4.69, 9.17) is 21.3 Å². The molecule has 1 amide bonds. The van der Waals surface area contributed by atoms with Gasteiger partial charge in [-0.2, -0.15) is 9.97 Å². The molecule has 0 unspecified atom stereocenters. The summed E-state index contributed by atoms with van der Waals surface area (Å²) in [6, 6.07) is 6.49. The van der Waals surface area contributed by atoms with Crippen LogP contribution in [0.15, 0.2) is 43.2 Å². The van der Waals surface area contributed by atoms with Crippen molar-refractivity contribution in [3.63, 3.8) is 0 Å². The van der Waals surface area contributed by atoms with Crippen LogP contribution in [0, 0.1) is 19.4 Å². The Bertz CT molecular complexity index is 1590. The van der Waals surface area contributed by atoms with Crippen molar-refractivity contribution in [3.05, 3.63) is 71.5 Å². The van der Waals surface area contributed by atoms with E-state index in [-0.39, 0.29) is 24.6 Å². The first-order chi connectivity index (χ1) is 21.8. The largest absolute Gasteiger partial charge is 0.459 e. The number of aromatic nitrogens is 3. The van der Waals surface area contributed by atoms with E-state index in [9.17, 15) is 4.79 Å². The lowest BCUT2D eigenvalue weighted by molar-refractivity contribution is -0.128. The Morgan fingerprint density at radius 2 is 2.07 bits per heavy atom. The topological polar surface area (TPSA) is 82.3 Å². The predicted molar refractivity (Wildman–Crippen MR) is 178 cm³/mol. The quantitative estimate of drug-likeness (QED) is 0.246. The van der Waals surface area contributed by atoms with Crippen LogP contribution in [-0.4, -0.2) is 95.7 Å². The number of hydrogen-bond acceptors (Lipinski definition) is 8. The Morgan fingerprint density at radius 3 is 2.82 bits per heavy atom. The minimum atomic E-state index is -0.236. The maximum Gasteiger partial charge on any atom is 0.318 e. The maximum absolute atomic E-state index is 12.6. The number of anilines is 2. The zero-order valence-corrected chi connectivity index (χ0v) is 26.8. The molecule has 3 aromatic rings. The van der Waals surface area contributed by atoms with Gasteiger partial charge in [0.25, 0.3) is 0 Å². The number of nitrogens with zero attached hydrogens (tertiary/aromatic N) is 8. The number of aryl methyl sites for hydroxylation is 1. The van der Waals surface area contributed by atoms with Gasteiger partial charge in [0.05, 0.1) is 24.1 Å². The molecule has 45 heavy (non-hydrogen) atoms. The number of fused-ring (bicyclic) bond motifs is 2. The Kier molecular flexibility index (Phi) is 9.17. The van der Waals surface area contributed by atoms with E-state index in [0.29, 0.717) is 32.2 Å². The van der Waals surface area contributed by atoms with Crippen molar-refractivity contribution >= 4 is 28.2 Å². The molecule has 0 spiro atoms. The van der Waals surface area contributed by atoms with Crippen molar-refractivity contribution in [1.82, 2.24) is 24.8 Å². The van der Waals surface area contributed by atoms with E-state index < -0.39 is 0 Å². The molecule has 10 heteroatoms. The number of likely N-dealkylation sites (N-methyl/N-ethyl adjacent to an activating group) is 1.